The van der Waals surface area contributed by atoms with Crippen LogP contribution in [0.15, 0.2) is 24.3 Å². The molecular weight excluding hydrogens is 389 g/mol. The first-order valence-electron chi connectivity index (χ1n) is 9.38. The average molecular weight is 416 g/mol. The molecule has 9 heteroatoms. The molecule has 1 aromatic rings. The number of hydrazine groups is 1. The Hall–Kier alpha value is -2.29. The predicted octanol–water partition coefficient (Wildman–Crippen LogP) is 4.09. The molecular formula is C20H27F3N2O4. The van der Waals surface area contributed by atoms with E-state index in [1.54, 1.807) is 20.8 Å². The van der Waals surface area contributed by atoms with Crippen LogP contribution >= 0.6 is 0 Å². The van der Waals surface area contributed by atoms with Gasteiger partial charge in [0.2, 0.25) is 0 Å². The van der Waals surface area contributed by atoms with Gasteiger partial charge in [-0.05, 0) is 64.2 Å². The predicted molar refractivity (Wildman–Crippen MR) is 99.9 cm³/mol. The van der Waals surface area contributed by atoms with Crippen LogP contribution in [0.4, 0.5) is 18.0 Å². The number of benzene rings is 1. The number of carbonyl (C=O) groups is 2. The van der Waals surface area contributed by atoms with Crippen LogP contribution in [0.25, 0.3) is 0 Å². The minimum Gasteiger partial charge on any atom is -0.468 e. The first-order valence-corrected chi connectivity index (χ1v) is 9.38. The molecule has 1 saturated carbocycles. The van der Waals surface area contributed by atoms with Gasteiger partial charge in [0.25, 0.3) is 0 Å². The quantitative estimate of drug-likeness (QED) is 0.571. The molecule has 1 fully saturated rings. The molecule has 0 saturated heterocycles. The molecule has 1 aromatic carbocycles. The molecule has 0 atom stereocenters. The van der Waals surface area contributed by atoms with Crippen molar-refractivity contribution >= 4 is 12.1 Å². The number of amides is 1. The number of hydrogen-bond acceptors (Lipinski definition) is 5. The van der Waals surface area contributed by atoms with E-state index >= 15 is 0 Å². The Morgan fingerprint density at radius 3 is 2.07 bits per heavy atom. The Balaban J connectivity index is 2.06. The molecule has 0 bridgehead atoms. The average Bonchev–Trinajstić information content (AvgIpc) is 2.64. The van der Waals surface area contributed by atoms with Crippen molar-refractivity contribution in [2.75, 3.05) is 7.11 Å². The van der Waals surface area contributed by atoms with Crippen molar-refractivity contribution in [2.45, 2.75) is 69.7 Å². The minimum atomic E-state index is -4.44. The lowest BCUT2D eigenvalue weighted by Gasteiger charge is -2.38. The molecule has 2 N–H and O–H groups in total. The number of esters is 1. The summed E-state index contributed by atoms with van der Waals surface area (Å²) in [5.74, 6) is -0.476. The number of methoxy groups -OCH3 is 1. The van der Waals surface area contributed by atoms with Crippen LogP contribution in [-0.2, 0) is 25.9 Å². The van der Waals surface area contributed by atoms with Crippen LogP contribution in [0.1, 0.15) is 57.6 Å². The van der Waals surface area contributed by atoms with E-state index in [0.29, 0.717) is 31.2 Å². The highest BCUT2D eigenvalue weighted by Crippen LogP contribution is 2.41. The van der Waals surface area contributed by atoms with Crippen molar-refractivity contribution in [3.8, 4) is 0 Å². The van der Waals surface area contributed by atoms with Crippen molar-refractivity contribution < 1.29 is 32.2 Å². The van der Waals surface area contributed by atoms with E-state index in [0.717, 1.165) is 12.1 Å². The first kappa shape index (κ1) is 23.0. The van der Waals surface area contributed by atoms with Gasteiger partial charge in [-0.25, -0.2) is 10.2 Å². The fourth-order valence-electron chi connectivity index (χ4n) is 3.50. The third-order valence-corrected chi connectivity index (χ3v) is 4.96. The third-order valence-electron chi connectivity index (χ3n) is 4.96. The SMILES string of the molecule is COC(=O)C1(c2ccc(C(F)(F)F)cc2)CCC(NNC(=O)OC(C)(C)C)CC1. The Morgan fingerprint density at radius 2 is 1.62 bits per heavy atom. The van der Waals surface area contributed by atoms with Gasteiger partial charge in [0.15, 0.2) is 0 Å². The summed E-state index contributed by atoms with van der Waals surface area (Å²) in [6.45, 7) is 5.26. The van der Waals surface area contributed by atoms with Crippen LogP contribution in [0, 0.1) is 0 Å². The molecule has 0 aromatic heterocycles. The van der Waals surface area contributed by atoms with E-state index in [2.05, 4.69) is 10.9 Å². The fraction of sp³-hybridized carbons (Fsp3) is 0.600. The van der Waals surface area contributed by atoms with E-state index in [-0.39, 0.29) is 6.04 Å². The molecule has 0 heterocycles. The van der Waals surface area contributed by atoms with Gasteiger partial charge in [-0.2, -0.15) is 13.2 Å². The molecule has 29 heavy (non-hydrogen) atoms. The number of rotatable bonds is 4. The second-order valence-corrected chi connectivity index (χ2v) is 8.19. The van der Waals surface area contributed by atoms with Gasteiger partial charge in [0, 0.05) is 6.04 Å². The van der Waals surface area contributed by atoms with Gasteiger partial charge in [0.1, 0.15) is 5.60 Å². The van der Waals surface area contributed by atoms with Gasteiger partial charge in [-0.1, -0.05) is 12.1 Å². The van der Waals surface area contributed by atoms with Gasteiger partial charge in [-0.15, -0.1) is 0 Å². The standard InChI is InChI=1S/C20H27F3N2O4/c1-18(2,3)29-17(27)25-24-15-9-11-19(12-10-15,16(26)28-4)13-5-7-14(8-6-13)20(21,22)23/h5-8,15,24H,9-12H2,1-4H3,(H,25,27). The molecule has 1 aliphatic rings. The summed E-state index contributed by atoms with van der Waals surface area (Å²) in [5, 5.41) is 0. The summed E-state index contributed by atoms with van der Waals surface area (Å²) < 4.78 is 48.6. The van der Waals surface area contributed by atoms with Crippen LogP contribution in [-0.4, -0.2) is 30.8 Å². The van der Waals surface area contributed by atoms with Gasteiger partial charge in [-0.3, -0.25) is 10.2 Å². The molecule has 1 amide bonds. The smallest absolute Gasteiger partial charge is 0.422 e. The zero-order chi connectivity index (χ0) is 21.9. The van der Waals surface area contributed by atoms with Crippen LogP contribution in [0.2, 0.25) is 0 Å². The number of alkyl halides is 3. The van der Waals surface area contributed by atoms with E-state index in [4.69, 9.17) is 9.47 Å². The first-order chi connectivity index (χ1) is 13.4. The van der Waals surface area contributed by atoms with Crippen LogP contribution < -0.4 is 10.9 Å². The molecule has 0 aliphatic heterocycles. The van der Waals surface area contributed by atoms with Crippen molar-refractivity contribution in [2.24, 2.45) is 0 Å². The largest absolute Gasteiger partial charge is 0.468 e. The molecule has 0 radical (unpaired) electrons. The molecule has 0 unspecified atom stereocenters. The Morgan fingerprint density at radius 1 is 1.07 bits per heavy atom. The van der Waals surface area contributed by atoms with Crippen molar-refractivity contribution in [3.05, 3.63) is 35.4 Å². The maximum absolute atomic E-state index is 12.8. The molecule has 2 rings (SSSR count). The summed E-state index contributed by atoms with van der Waals surface area (Å²) in [6.07, 6.45) is -3.26. The Bertz CT molecular complexity index is 719. The van der Waals surface area contributed by atoms with E-state index in [9.17, 15) is 22.8 Å². The van der Waals surface area contributed by atoms with Crippen LogP contribution in [0.5, 0.6) is 0 Å². The molecule has 1 aliphatic carbocycles. The summed E-state index contributed by atoms with van der Waals surface area (Å²) in [6, 6.07) is 4.54. The summed E-state index contributed by atoms with van der Waals surface area (Å²) >= 11 is 0. The number of ether oxygens (including phenoxy) is 2. The van der Waals surface area contributed by atoms with Crippen molar-refractivity contribution in [3.63, 3.8) is 0 Å². The van der Waals surface area contributed by atoms with Gasteiger partial charge in [0.05, 0.1) is 18.1 Å². The zero-order valence-electron chi connectivity index (χ0n) is 17.0. The number of hydrogen-bond donors (Lipinski definition) is 2. The van der Waals surface area contributed by atoms with Gasteiger partial charge >= 0.3 is 18.2 Å². The lowest BCUT2D eigenvalue weighted by atomic mass is 9.68. The van der Waals surface area contributed by atoms with E-state index in [1.165, 1.54) is 19.2 Å². The minimum absolute atomic E-state index is 0.102. The topological polar surface area (TPSA) is 76.7 Å². The second-order valence-electron chi connectivity index (χ2n) is 8.19. The third kappa shape index (κ3) is 5.85. The Labute approximate surface area is 168 Å². The van der Waals surface area contributed by atoms with Gasteiger partial charge < -0.3 is 9.47 Å². The summed E-state index contributed by atoms with van der Waals surface area (Å²) in [5.41, 5.74) is 3.48. The van der Waals surface area contributed by atoms with Crippen molar-refractivity contribution in [1.29, 1.82) is 0 Å². The van der Waals surface area contributed by atoms with Crippen LogP contribution in [0.3, 0.4) is 0 Å². The molecule has 0 spiro atoms. The second kappa shape index (κ2) is 8.61. The zero-order valence-corrected chi connectivity index (χ0v) is 17.0. The van der Waals surface area contributed by atoms with Crippen molar-refractivity contribution in [1.82, 2.24) is 10.9 Å². The fourth-order valence-corrected chi connectivity index (χ4v) is 3.50. The maximum Gasteiger partial charge on any atom is 0.422 e. The monoisotopic (exact) mass is 416 g/mol. The van der Waals surface area contributed by atoms with E-state index < -0.39 is 34.8 Å². The highest BCUT2D eigenvalue weighted by atomic mass is 19.4. The number of carbonyl (C=O) groups excluding carboxylic acids is 2. The Kier molecular flexibility index (Phi) is 6.82. The number of halogens is 3. The maximum atomic E-state index is 12.8. The number of nitrogens with one attached hydrogen (secondary N) is 2. The highest BCUT2D eigenvalue weighted by molar-refractivity contribution is 5.83. The summed E-state index contributed by atoms with van der Waals surface area (Å²) in [4.78, 5) is 24.3. The lowest BCUT2D eigenvalue weighted by Crippen LogP contribution is -2.50. The normalized spacial score (nSPS) is 22.7. The summed E-state index contributed by atoms with van der Waals surface area (Å²) in [7, 11) is 1.27. The van der Waals surface area contributed by atoms with E-state index in [1.807, 2.05) is 0 Å². The molecule has 6 nitrogen and oxygen atoms in total. The lowest BCUT2D eigenvalue weighted by molar-refractivity contribution is -0.149. The molecule has 162 valence electrons. The highest BCUT2D eigenvalue weighted by Gasteiger charge is 2.45.